The molecule has 21 heavy (non-hydrogen) atoms. The van der Waals surface area contributed by atoms with E-state index in [0.717, 1.165) is 26.9 Å². The van der Waals surface area contributed by atoms with Crippen LogP contribution in [0.3, 0.4) is 0 Å². The molecule has 1 aromatic heterocycles. The molecule has 0 atom stereocenters. The van der Waals surface area contributed by atoms with Crippen LogP contribution in [-0.2, 0) is 4.79 Å². The number of aromatic amines is 1. The van der Waals surface area contributed by atoms with Gasteiger partial charge < -0.3 is 10.1 Å². The topological polar surface area (TPSA) is 53.1 Å². The zero-order valence-electron chi connectivity index (χ0n) is 11.1. The van der Waals surface area contributed by atoms with Crippen LogP contribution in [0.1, 0.15) is 5.56 Å². The Labute approximate surface area is 126 Å². The van der Waals surface area contributed by atoms with Crippen LogP contribution < -0.4 is 0 Å². The molecule has 0 aliphatic heterocycles. The summed E-state index contributed by atoms with van der Waals surface area (Å²) >= 11 is 1.66. The standard InChI is InChI=1S/C17H13NO2S/c19-17(20)9-8-12-4-3-5-13(10-12)21-16-11-18-15-7-2-1-6-14(15)16/h1-11,18H,(H,19,20). The zero-order valence-corrected chi connectivity index (χ0v) is 11.9. The van der Waals surface area contributed by atoms with Crippen molar-refractivity contribution >= 4 is 34.7 Å². The first-order chi connectivity index (χ1) is 10.2. The van der Waals surface area contributed by atoms with E-state index >= 15 is 0 Å². The molecule has 3 nitrogen and oxygen atoms in total. The van der Waals surface area contributed by atoms with Gasteiger partial charge >= 0.3 is 5.97 Å². The lowest BCUT2D eigenvalue weighted by molar-refractivity contribution is -0.131. The number of H-pyrrole nitrogens is 1. The quantitative estimate of drug-likeness (QED) is 0.701. The molecule has 3 rings (SSSR count). The summed E-state index contributed by atoms with van der Waals surface area (Å²) in [6.07, 6.45) is 4.74. The number of aromatic nitrogens is 1. The van der Waals surface area contributed by atoms with Gasteiger partial charge in [-0.2, -0.15) is 0 Å². The zero-order chi connectivity index (χ0) is 14.7. The van der Waals surface area contributed by atoms with Crippen LogP contribution in [0.2, 0.25) is 0 Å². The molecule has 0 amide bonds. The highest BCUT2D eigenvalue weighted by atomic mass is 32.2. The molecule has 0 aliphatic rings. The predicted molar refractivity (Wildman–Crippen MR) is 85.5 cm³/mol. The minimum atomic E-state index is -0.940. The van der Waals surface area contributed by atoms with Crippen LogP contribution in [0.4, 0.5) is 0 Å². The minimum absolute atomic E-state index is 0.877. The van der Waals surface area contributed by atoms with Crippen molar-refractivity contribution in [3.63, 3.8) is 0 Å². The fourth-order valence-electron chi connectivity index (χ4n) is 2.11. The average Bonchev–Trinajstić information content (AvgIpc) is 2.89. The maximum atomic E-state index is 10.6. The maximum Gasteiger partial charge on any atom is 0.328 e. The monoisotopic (exact) mass is 295 g/mol. The summed E-state index contributed by atoms with van der Waals surface area (Å²) in [5.74, 6) is -0.940. The number of para-hydroxylation sites is 1. The van der Waals surface area contributed by atoms with Gasteiger partial charge in [0.05, 0.1) is 0 Å². The Morgan fingerprint density at radius 1 is 1.14 bits per heavy atom. The molecule has 2 aromatic carbocycles. The van der Waals surface area contributed by atoms with Crippen LogP contribution in [-0.4, -0.2) is 16.1 Å². The van der Waals surface area contributed by atoms with E-state index in [0.29, 0.717) is 0 Å². The van der Waals surface area contributed by atoms with E-state index in [9.17, 15) is 4.79 Å². The number of hydrogen-bond acceptors (Lipinski definition) is 2. The Bertz CT molecular complexity index is 820. The van der Waals surface area contributed by atoms with Gasteiger partial charge in [-0.15, -0.1) is 0 Å². The summed E-state index contributed by atoms with van der Waals surface area (Å²) in [6, 6.07) is 16.0. The lowest BCUT2D eigenvalue weighted by atomic mass is 10.2. The van der Waals surface area contributed by atoms with Crippen LogP contribution in [0, 0.1) is 0 Å². The first kappa shape index (κ1) is 13.5. The molecule has 0 bridgehead atoms. The van der Waals surface area contributed by atoms with Crippen molar-refractivity contribution in [1.29, 1.82) is 0 Å². The van der Waals surface area contributed by atoms with Gasteiger partial charge in [-0.25, -0.2) is 4.79 Å². The molecule has 104 valence electrons. The molecular weight excluding hydrogens is 282 g/mol. The molecule has 1 heterocycles. The van der Waals surface area contributed by atoms with E-state index in [1.54, 1.807) is 17.8 Å². The first-order valence-corrected chi connectivity index (χ1v) is 7.29. The minimum Gasteiger partial charge on any atom is -0.478 e. The van der Waals surface area contributed by atoms with Crippen molar-refractivity contribution in [3.05, 3.63) is 66.4 Å². The van der Waals surface area contributed by atoms with Crippen LogP contribution in [0.25, 0.3) is 17.0 Å². The second-order valence-corrected chi connectivity index (χ2v) is 5.66. The molecule has 0 radical (unpaired) electrons. The molecule has 0 fully saturated rings. The van der Waals surface area contributed by atoms with Gasteiger partial charge in [0.15, 0.2) is 0 Å². The third-order valence-corrected chi connectivity index (χ3v) is 4.10. The number of aliphatic carboxylic acids is 1. The predicted octanol–water partition coefficient (Wildman–Crippen LogP) is 4.42. The van der Waals surface area contributed by atoms with Gasteiger partial charge in [-0.3, -0.25) is 0 Å². The number of carbonyl (C=O) groups is 1. The van der Waals surface area contributed by atoms with Crippen molar-refractivity contribution in [2.24, 2.45) is 0 Å². The van der Waals surface area contributed by atoms with Crippen molar-refractivity contribution in [2.75, 3.05) is 0 Å². The number of nitrogens with one attached hydrogen (secondary N) is 1. The Hall–Kier alpha value is -2.46. The number of hydrogen-bond donors (Lipinski definition) is 2. The lowest BCUT2D eigenvalue weighted by Gasteiger charge is -2.01. The van der Waals surface area contributed by atoms with E-state index in [1.165, 1.54) is 5.39 Å². The van der Waals surface area contributed by atoms with Gasteiger partial charge in [-0.05, 0) is 29.8 Å². The van der Waals surface area contributed by atoms with E-state index in [4.69, 9.17) is 5.11 Å². The summed E-state index contributed by atoms with van der Waals surface area (Å²) in [6.45, 7) is 0. The first-order valence-electron chi connectivity index (χ1n) is 6.47. The van der Waals surface area contributed by atoms with Crippen molar-refractivity contribution in [3.8, 4) is 0 Å². The molecule has 0 saturated carbocycles. The SMILES string of the molecule is O=C(O)C=Cc1cccc(Sc2c[nH]c3ccccc23)c1. The molecular formula is C17H13NO2S. The number of rotatable bonds is 4. The molecule has 0 saturated heterocycles. The lowest BCUT2D eigenvalue weighted by Crippen LogP contribution is -1.85. The van der Waals surface area contributed by atoms with Crippen LogP contribution in [0.15, 0.2) is 70.6 Å². The van der Waals surface area contributed by atoms with Crippen molar-refractivity contribution in [1.82, 2.24) is 4.98 Å². The normalized spacial score (nSPS) is 11.2. The highest BCUT2D eigenvalue weighted by Gasteiger charge is 2.05. The average molecular weight is 295 g/mol. The van der Waals surface area contributed by atoms with Gasteiger partial charge in [0.25, 0.3) is 0 Å². The van der Waals surface area contributed by atoms with Gasteiger partial charge in [0.1, 0.15) is 0 Å². The summed E-state index contributed by atoms with van der Waals surface area (Å²) in [5, 5.41) is 9.86. The number of carboxylic acids is 1. The number of fused-ring (bicyclic) bond motifs is 1. The highest BCUT2D eigenvalue weighted by Crippen LogP contribution is 2.33. The molecule has 0 aliphatic carbocycles. The second kappa shape index (κ2) is 5.89. The largest absolute Gasteiger partial charge is 0.478 e. The second-order valence-electron chi connectivity index (χ2n) is 4.54. The Kier molecular flexibility index (Phi) is 3.79. The van der Waals surface area contributed by atoms with Gasteiger partial charge in [0.2, 0.25) is 0 Å². The van der Waals surface area contributed by atoms with Gasteiger partial charge in [-0.1, -0.05) is 42.1 Å². The fourth-order valence-corrected chi connectivity index (χ4v) is 3.11. The molecule has 0 unspecified atom stereocenters. The van der Waals surface area contributed by atoms with Gasteiger partial charge in [0, 0.05) is 33.0 Å². The van der Waals surface area contributed by atoms with Crippen molar-refractivity contribution in [2.45, 2.75) is 9.79 Å². The number of benzene rings is 2. The fraction of sp³-hybridized carbons (Fsp3) is 0. The summed E-state index contributed by atoms with van der Waals surface area (Å²) in [7, 11) is 0. The molecule has 3 aromatic rings. The molecule has 0 spiro atoms. The van der Waals surface area contributed by atoms with E-state index in [2.05, 4.69) is 11.1 Å². The van der Waals surface area contributed by atoms with Crippen LogP contribution >= 0.6 is 11.8 Å². The van der Waals surface area contributed by atoms with Crippen LogP contribution in [0.5, 0.6) is 0 Å². The smallest absolute Gasteiger partial charge is 0.328 e. The van der Waals surface area contributed by atoms with E-state index in [1.807, 2.05) is 48.7 Å². The summed E-state index contributed by atoms with van der Waals surface area (Å²) in [4.78, 5) is 16.0. The molecule has 2 N–H and O–H groups in total. The summed E-state index contributed by atoms with van der Waals surface area (Å²) in [5.41, 5.74) is 1.99. The van der Waals surface area contributed by atoms with E-state index < -0.39 is 5.97 Å². The Balaban J connectivity index is 1.88. The third kappa shape index (κ3) is 3.17. The Morgan fingerprint density at radius 2 is 2.00 bits per heavy atom. The maximum absolute atomic E-state index is 10.6. The Morgan fingerprint density at radius 3 is 2.86 bits per heavy atom. The highest BCUT2D eigenvalue weighted by molar-refractivity contribution is 7.99. The van der Waals surface area contributed by atoms with E-state index in [-0.39, 0.29) is 0 Å². The molecule has 4 heteroatoms. The van der Waals surface area contributed by atoms with Crippen molar-refractivity contribution < 1.29 is 9.90 Å². The summed E-state index contributed by atoms with van der Waals surface area (Å²) < 4.78 is 0. The third-order valence-electron chi connectivity index (χ3n) is 3.06. The number of carboxylic acid groups (broad SMARTS) is 1.